The van der Waals surface area contributed by atoms with Crippen molar-refractivity contribution in [1.82, 2.24) is 0 Å². The van der Waals surface area contributed by atoms with E-state index in [0.717, 1.165) is 0 Å². The van der Waals surface area contributed by atoms with Crippen molar-refractivity contribution in [3.05, 3.63) is 174 Å². The molecule has 7 aromatic carbocycles. The van der Waals surface area contributed by atoms with Crippen LogP contribution in [0.4, 0.5) is 17.1 Å². The van der Waals surface area contributed by atoms with E-state index < -0.39 is 0 Å². The number of aryl methyl sites for hydroxylation is 1. The first-order valence-electron chi connectivity index (χ1n) is 18.8. The molecular formula is C50H45N. The maximum atomic E-state index is 2.55. The van der Waals surface area contributed by atoms with Crippen LogP contribution in [0.5, 0.6) is 0 Å². The molecule has 0 aliphatic heterocycles. The molecule has 9 rings (SSSR count). The number of fused-ring (bicyclic) bond motifs is 4. The minimum absolute atomic E-state index is 0.149. The first-order valence-corrected chi connectivity index (χ1v) is 18.8. The predicted octanol–water partition coefficient (Wildman–Crippen LogP) is 14.3. The van der Waals surface area contributed by atoms with E-state index in [0.29, 0.717) is 5.92 Å². The van der Waals surface area contributed by atoms with E-state index in [1.165, 1.54) is 116 Å². The predicted molar refractivity (Wildman–Crippen MR) is 218 cm³/mol. The summed E-state index contributed by atoms with van der Waals surface area (Å²) < 4.78 is 0. The normalized spacial score (nSPS) is 15.0. The average molecular weight is 660 g/mol. The Bertz CT molecular complexity index is 2390. The van der Waals surface area contributed by atoms with Gasteiger partial charge in [0.05, 0.1) is 5.69 Å². The highest BCUT2D eigenvalue weighted by Crippen LogP contribution is 2.54. The van der Waals surface area contributed by atoms with Gasteiger partial charge in [0.1, 0.15) is 0 Å². The summed E-state index contributed by atoms with van der Waals surface area (Å²) in [6.45, 7) is 7.04. The molecule has 0 atom stereocenters. The lowest BCUT2D eigenvalue weighted by Crippen LogP contribution is -2.17. The van der Waals surface area contributed by atoms with Gasteiger partial charge in [0.15, 0.2) is 0 Å². The number of nitrogens with zero attached hydrogens (tertiary/aromatic N) is 1. The highest BCUT2D eigenvalue weighted by molar-refractivity contribution is 6.00. The smallest absolute Gasteiger partial charge is 0.0546 e. The quantitative estimate of drug-likeness (QED) is 0.172. The minimum Gasteiger partial charge on any atom is -0.310 e. The average Bonchev–Trinajstić information content (AvgIpc) is 3.41. The van der Waals surface area contributed by atoms with Gasteiger partial charge in [-0.3, -0.25) is 0 Å². The van der Waals surface area contributed by atoms with Crippen LogP contribution in [0.3, 0.4) is 0 Å². The molecular weight excluding hydrogens is 615 g/mol. The van der Waals surface area contributed by atoms with Crippen molar-refractivity contribution in [2.45, 2.75) is 64.2 Å². The van der Waals surface area contributed by atoms with Gasteiger partial charge in [-0.2, -0.15) is 0 Å². The SMILES string of the molecule is Cc1ccccc1-c1cc2ccccc2cc1N(c1cccc(C2CCCCC2)c1)c1ccc2c(c1)C(C)(C)c1cccc(-c3ccccc3)c1-2. The van der Waals surface area contributed by atoms with Crippen molar-refractivity contribution >= 4 is 27.8 Å². The largest absolute Gasteiger partial charge is 0.310 e. The van der Waals surface area contributed by atoms with Gasteiger partial charge in [-0.1, -0.05) is 148 Å². The fourth-order valence-corrected chi connectivity index (χ4v) is 9.06. The van der Waals surface area contributed by atoms with E-state index in [-0.39, 0.29) is 5.41 Å². The van der Waals surface area contributed by atoms with E-state index >= 15 is 0 Å². The lowest BCUT2D eigenvalue weighted by atomic mass is 9.81. The van der Waals surface area contributed by atoms with Gasteiger partial charge < -0.3 is 4.90 Å². The first-order chi connectivity index (χ1) is 25.0. The highest BCUT2D eigenvalue weighted by Gasteiger charge is 2.37. The molecule has 2 aliphatic carbocycles. The van der Waals surface area contributed by atoms with Gasteiger partial charge in [0, 0.05) is 22.4 Å². The second kappa shape index (κ2) is 12.7. The monoisotopic (exact) mass is 659 g/mol. The van der Waals surface area contributed by atoms with E-state index in [9.17, 15) is 0 Å². The Balaban J connectivity index is 1.29. The molecule has 1 nitrogen and oxygen atoms in total. The topological polar surface area (TPSA) is 3.24 Å². The molecule has 0 radical (unpaired) electrons. The zero-order valence-corrected chi connectivity index (χ0v) is 30.0. The van der Waals surface area contributed by atoms with Crippen LogP contribution in [0.25, 0.3) is 44.2 Å². The second-order valence-corrected chi connectivity index (χ2v) is 15.2. The Kier molecular flexibility index (Phi) is 7.88. The molecule has 51 heavy (non-hydrogen) atoms. The molecule has 0 saturated heterocycles. The molecule has 0 spiro atoms. The van der Waals surface area contributed by atoms with Crippen LogP contribution in [0.1, 0.15) is 74.1 Å². The van der Waals surface area contributed by atoms with Crippen LogP contribution in [0.15, 0.2) is 152 Å². The number of hydrogen-bond acceptors (Lipinski definition) is 1. The maximum absolute atomic E-state index is 2.55. The van der Waals surface area contributed by atoms with Crippen LogP contribution in [0, 0.1) is 6.92 Å². The molecule has 250 valence electrons. The summed E-state index contributed by atoms with van der Waals surface area (Å²) in [5, 5.41) is 2.51. The third kappa shape index (κ3) is 5.47. The summed E-state index contributed by atoms with van der Waals surface area (Å²) in [5.74, 6) is 0.623. The summed E-state index contributed by atoms with van der Waals surface area (Å²) in [6, 6.07) is 57.0. The van der Waals surface area contributed by atoms with E-state index in [1.807, 2.05) is 0 Å². The van der Waals surface area contributed by atoms with Gasteiger partial charge in [-0.25, -0.2) is 0 Å². The summed E-state index contributed by atoms with van der Waals surface area (Å²) in [4.78, 5) is 2.55. The molecule has 1 heteroatoms. The zero-order valence-electron chi connectivity index (χ0n) is 30.0. The first kappa shape index (κ1) is 31.6. The lowest BCUT2D eigenvalue weighted by molar-refractivity contribution is 0.443. The van der Waals surface area contributed by atoms with Crippen LogP contribution < -0.4 is 4.90 Å². The summed E-state index contributed by atoms with van der Waals surface area (Å²) >= 11 is 0. The summed E-state index contributed by atoms with van der Waals surface area (Å²) in [7, 11) is 0. The number of anilines is 3. The Labute approximate surface area is 303 Å². The Morgan fingerprint density at radius 1 is 0.510 bits per heavy atom. The maximum Gasteiger partial charge on any atom is 0.0546 e. The van der Waals surface area contributed by atoms with E-state index in [2.05, 4.69) is 177 Å². The van der Waals surface area contributed by atoms with Crippen molar-refractivity contribution in [3.8, 4) is 33.4 Å². The molecule has 0 aromatic heterocycles. The van der Waals surface area contributed by atoms with Gasteiger partial charge in [-0.15, -0.1) is 0 Å². The van der Waals surface area contributed by atoms with Crippen LogP contribution >= 0.6 is 0 Å². The summed E-state index contributed by atoms with van der Waals surface area (Å²) in [6.07, 6.45) is 6.57. The van der Waals surface area contributed by atoms with Crippen molar-refractivity contribution in [2.75, 3.05) is 4.90 Å². The highest BCUT2D eigenvalue weighted by atomic mass is 15.1. The fraction of sp³-hybridized carbons (Fsp3) is 0.200. The van der Waals surface area contributed by atoms with Gasteiger partial charge >= 0.3 is 0 Å². The molecule has 1 saturated carbocycles. The Morgan fingerprint density at radius 2 is 1.20 bits per heavy atom. The van der Waals surface area contributed by atoms with Crippen molar-refractivity contribution in [2.24, 2.45) is 0 Å². The standard InChI is InChI=1S/C50H45N/c1-34-16-10-13-25-42(34)45-31-38-21-11-12-22-39(38)32-48(45)51(40-24-14-23-37(30-40)35-17-6-4-7-18-35)41-28-29-44-47(33-41)50(2,3)46-27-15-26-43(49(44)46)36-19-8-5-9-20-36/h5,8-16,19-33,35H,4,6-7,17-18H2,1-3H3. The third-order valence-electron chi connectivity index (χ3n) is 11.8. The van der Waals surface area contributed by atoms with Crippen LogP contribution in [0.2, 0.25) is 0 Å². The van der Waals surface area contributed by atoms with Crippen molar-refractivity contribution in [1.29, 1.82) is 0 Å². The van der Waals surface area contributed by atoms with Crippen LogP contribution in [-0.2, 0) is 5.41 Å². The Hall–Kier alpha value is -5.40. The number of hydrogen-bond donors (Lipinski definition) is 0. The number of rotatable bonds is 6. The molecule has 7 aromatic rings. The third-order valence-corrected chi connectivity index (χ3v) is 11.8. The van der Waals surface area contributed by atoms with E-state index in [1.54, 1.807) is 0 Å². The molecule has 0 bridgehead atoms. The van der Waals surface area contributed by atoms with Gasteiger partial charge in [-0.05, 0) is 123 Å². The molecule has 0 unspecified atom stereocenters. The minimum atomic E-state index is -0.149. The lowest BCUT2D eigenvalue weighted by Gasteiger charge is -2.31. The van der Waals surface area contributed by atoms with Gasteiger partial charge in [0.2, 0.25) is 0 Å². The zero-order chi connectivity index (χ0) is 34.5. The fourth-order valence-electron chi connectivity index (χ4n) is 9.06. The molecule has 1 fully saturated rings. The molecule has 0 N–H and O–H groups in total. The molecule has 2 aliphatic rings. The van der Waals surface area contributed by atoms with Crippen LogP contribution in [-0.4, -0.2) is 0 Å². The number of benzene rings is 7. The van der Waals surface area contributed by atoms with E-state index in [4.69, 9.17) is 0 Å². The molecule has 0 heterocycles. The van der Waals surface area contributed by atoms with Crippen molar-refractivity contribution < 1.29 is 0 Å². The Morgan fingerprint density at radius 3 is 2.00 bits per heavy atom. The summed E-state index contributed by atoms with van der Waals surface area (Å²) in [5.41, 5.74) is 16.8. The second-order valence-electron chi connectivity index (χ2n) is 15.2. The molecule has 0 amide bonds. The van der Waals surface area contributed by atoms with Crippen molar-refractivity contribution in [3.63, 3.8) is 0 Å². The van der Waals surface area contributed by atoms with Gasteiger partial charge in [0.25, 0.3) is 0 Å².